The molecule has 0 radical (unpaired) electrons. The van der Waals surface area contributed by atoms with Gasteiger partial charge in [-0.1, -0.05) is 6.92 Å². The molecule has 0 aromatic carbocycles. The molecule has 14 heavy (non-hydrogen) atoms. The molecule has 1 fully saturated rings. The SMILES string of the molecule is CCCN(C)CCN1CCN(C)CC1. The van der Waals surface area contributed by atoms with Crippen LogP contribution in [-0.4, -0.2) is 74.6 Å². The Morgan fingerprint density at radius 1 is 1.07 bits per heavy atom. The Morgan fingerprint density at radius 3 is 2.29 bits per heavy atom. The predicted octanol–water partition coefficient (Wildman–Crippen LogP) is 0.576. The van der Waals surface area contributed by atoms with E-state index in [9.17, 15) is 0 Å². The largest absolute Gasteiger partial charge is 0.305 e. The van der Waals surface area contributed by atoms with Crippen molar-refractivity contribution < 1.29 is 0 Å². The Balaban J connectivity index is 2.06. The first kappa shape index (κ1) is 12.0. The van der Waals surface area contributed by atoms with Crippen LogP contribution < -0.4 is 0 Å². The zero-order valence-electron chi connectivity index (χ0n) is 10.00. The molecule has 0 aromatic rings. The first-order valence-corrected chi connectivity index (χ1v) is 5.82. The molecule has 0 aromatic heterocycles. The van der Waals surface area contributed by atoms with Crippen molar-refractivity contribution in [2.45, 2.75) is 13.3 Å². The lowest BCUT2D eigenvalue weighted by Gasteiger charge is -2.33. The first-order valence-electron chi connectivity index (χ1n) is 5.82. The monoisotopic (exact) mass is 199 g/mol. The molecular weight excluding hydrogens is 174 g/mol. The molecular formula is C11H25N3. The minimum atomic E-state index is 1.22. The van der Waals surface area contributed by atoms with Crippen molar-refractivity contribution in [2.24, 2.45) is 0 Å². The van der Waals surface area contributed by atoms with Crippen molar-refractivity contribution in [2.75, 3.05) is 59.9 Å². The number of piperazine rings is 1. The summed E-state index contributed by atoms with van der Waals surface area (Å²) in [4.78, 5) is 7.41. The maximum Gasteiger partial charge on any atom is 0.0110 e. The average Bonchev–Trinajstić information content (AvgIpc) is 2.17. The van der Waals surface area contributed by atoms with E-state index in [0.717, 1.165) is 0 Å². The Kier molecular flexibility index (Phi) is 5.45. The van der Waals surface area contributed by atoms with E-state index >= 15 is 0 Å². The lowest BCUT2D eigenvalue weighted by molar-refractivity contribution is 0.141. The second-order valence-corrected chi connectivity index (χ2v) is 4.45. The lowest BCUT2D eigenvalue weighted by atomic mass is 10.3. The molecule has 1 saturated heterocycles. The van der Waals surface area contributed by atoms with Gasteiger partial charge in [0, 0.05) is 39.3 Å². The second-order valence-electron chi connectivity index (χ2n) is 4.45. The van der Waals surface area contributed by atoms with Crippen molar-refractivity contribution in [3.8, 4) is 0 Å². The van der Waals surface area contributed by atoms with Crippen LogP contribution in [0.3, 0.4) is 0 Å². The summed E-state index contributed by atoms with van der Waals surface area (Å²) in [5.41, 5.74) is 0. The van der Waals surface area contributed by atoms with E-state index < -0.39 is 0 Å². The minimum absolute atomic E-state index is 1.22. The van der Waals surface area contributed by atoms with Crippen molar-refractivity contribution in [3.05, 3.63) is 0 Å². The van der Waals surface area contributed by atoms with Gasteiger partial charge < -0.3 is 9.80 Å². The molecule has 0 atom stereocenters. The fourth-order valence-electron chi connectivity index (χ4n) is 1.88. The van der Waals surface area contributed by atoms with Gasteiger partial charge in [0.1, 0.15) is 0 Å². The van der Waals surface area contributed by atoms with E-state index in [2.05, 4.69) is 35.7 Å². The van der Waals surface area contributed by atoms with Crippen LogP contribution >= 0.6 is 0 Å². The van der Waals surface area contributed by atoms with Gasteiger partial charge in [0.15, 0.2) is 0 Å². The van der Waals surface area contributed by atoms with Gasteiger partial charge in [-0.15, -0.1) is 0 Å². The van der Waals surface area contributed by atoms with E-state index in [1.165, 1.54) is 52.2 Å². The highest BCUT2D eigenvalue weighted by atomic mass is 15.3. The summed E-state index contributed by atoms with van der Waals surface area (Å²) in [5.74, 6) is 0. The molecule has 1 rings (SSSR count). The third-order valence-corrected chi connectivity index (χ3v) is 3.00. The second kappa shape index (κ2) is 6.38. The molecule has 0 N–H and O–H groups in total. The highest BCUT2D eigenvalue weighted by Crippen LogP contribution is 1.99. The van der Waals surface area contributed by atoms with Crippen molar-refractivity contribution >= 4 is 0 Å². The third kappa shape index (κ3) is 4.40. The van der Waals surface area contributed by atoms with Gasteiger partial charge in [0.2, 0.25) is 0 Å². The van der Waals surface area contributed by atoms with Crippen LogP contribution in [0.2, 0.25) is 0 Å². The Morgan fingerprint density at radius 2 is 1.71 bits per heavy atom. The molecule has 84 valence electrons. The van der Waals surface area contributed by atoms with Crippen LogP contribution in [0.25, 0.3) is 0 Å². The molecule has 1 aliphatic rings. The van der Waals surface area contributed by atoms with Crippen LogP contribution in [0.5, 0.6) is 0 Å². The van der Waals surface area contributed by atoms with Crippen molar-refractivity contribution in [1.29, 1.82) is 0 Å². The quantitative estimate of drug-likeness (QED) is 0.641. The third-order valence-electron chi connectivity index (χ3n) is 3.00. The summed E-state index contributed by atoms with van der Waals surface area (Å²) in [6.45, 7) is 10.9. The number of hydrogen-bond donors (Lipinski definition) is 0. The van der Waals surface area contributed by atoms with Crippen LogP contribution in [-0.2, 0) is 0 Å². The van der Waals surface area contributed by atoms with Gasteiger partial charge >= 0.3 is 0 Å². The maximum atomic E-state index is 2.58. The number of nitrogens with zero attached hydrogens (tertiary/aromatic N) is 3. The van der Waals surface area contributed by atoms with Gasteiger partial charge in [-0.05, 0) is 27.1 Å². The normalized spacial score (nSPS) is 20.6. The highest BCUT2D eigenvalue weighted by molar-refractivity contribution is 4.69. The molecule has 3 nitrogen and oxygen atoms in total. The molecule has 0 unspecified atom stereocenters. The minimum Gasteiger partial charge on any atom is -0.305 e. The fourth-order valence-corrected chi connectivity index (χ4v) is 1.88. The number of likely N-dealkylation sites (N-methyl/N-ethyl adjacent to an activating group) is 2. The highest BCUT2D eigenvalue weighted by Gasteiger charge is 2.13. The molecule has 1 heterocycles. The van der Waals surface area contributed by atoms with E-state index in [1.54, 1.807) is 0 Å². The van der Waals surface area contributed by atoms with Crippen LogP contribution in [0.1, 0.15) is 13.3 Å². The number of hydrogen-bond acceptors (Lipinski definition) is 3. The molecule has 3 heteroatoms. The van der Waals surface area contributed by atoms with E-state index in [0.29, 0.717) is 0 Å². The summed E-state index contributed by atoms with van der Waals surface area (Å²) in [6.07, 6.45) is 1.26. The van der Waals surface area contributed by atoms with E-state index in [4.69, 9.17) is 0 Å². The zero-order chi connectivity index (χ0) is 10.4. The first-order chi connectivity index (χ1) is 6.72. The smallest absolute Gasteiger partial charge is 0.0110 e. The summed E-state index contributed by atoms with van der Waals surface area (Å²) < 4.78 is 0. The average molecular weight is 199 g/mol. The Hall–Kier alpha value is -0.120. The van der Waals surface area contributed by atoms with Gasteiger partial charge in [0.05, 0.1) is 0 Å². The van der Waals surface area contributed by atoms with Gasteiger partial charge in [-0.2, -0.15) is 0 Å². The fraction of sp³-hybridized carbons (Fsp3) is 1.00. The number of rotatable bonds is 5. The van der Waals surface area contributed by atoms with Gasteiger partial charge in [-0.3, -0.25) is 4.90 Å². The summed E-state index contributed by atoms with van der Waals surface area (Å²) in [5, 5.41) is 0. The molecule has 0 saturated carbocycles. The zero-order valence-corrected chi connectivity index (χ0v) is 10.00. The standard InChI is InChI=1S/C11H25N3/c1-4-5-12(2)6-9-14-10-7-13(3)8-11-14/h4-11H2,1-3H3. The molecule has 0 spiro atoms. The maximum absolute atomic E-state index is 2.58. The Labute approximate surface area is 88.7 Å². The Bertz CT molecular complexity index is 141. The molecule has 1 aliphatic heterocycles. The topological polar surface area (TPSA) is 9.72 Å². The summed E-state index contributed by atoms with van der Waals surface area (Å²) in [7, 11) is 4.43. The summed E-state index contributed by atoms with van der Waals surface area (Å²) >= 11 is 0. The van der Waals surface area contributed by atoms with E-state index in [-0.39, 0.29) is 0 Å². The van der Waals surface area contributed by atoms with Crippen molar-refractivity contribution in [1.82, 2.24) is 14.7 Å². The molecule has 0 aliphatic carbocycles. The predicted molar refractivity (Wildman–Crippen MR) is 61.7 cm³/mol. The lowest BCUT2D eigenvalue weighted by Crippen LogP contribution is -2.46. The molecule has 0 bridgehead atoms. The van der Waals surface area contributed by atoms with Gasteiger partial charge in [-0.25, -0.2) is 0 Å². The van der Waals surface area contributed by atoms with Gasteiger partial charge in [0.25, 0.3) is 0 Å². The van der Waals surface area contributed by atoms with Crippen LogP contribution in [0.15, 0.2) is 0 Å². The summed E-state index contributed by atoms with van der Waals surface area (Å²) in [6, 6.07) is 0. The van der Waals surface area contributed by atoms with Crippen LogP contribution in [0.4, 0.5) is 0 Å². The van der Waals surface area contributed by atoms with Crippen molar-refractivity contribution in [3.63, 3.8) is 0 Å². The van der Waals surface area contributed by atoms with Crippen LogP contribution in [0, 0.1) is 0 Å². The van der Waals surface area contributed by atoms with E-state index in [1.807, 2.05) is 0 Å². The molecule has 0 amide bonds.